The molecule has 1 N–H and O–H groups in total. The van der Waals surface area contributed by atoms with Gasteiger partial charge < -0.3 is 5.32 Å². The number of rotatable bonds is 6. The van der Waals surface area contributed by atoms with Crippen molar-refractivity contribution in [2.45, 2.75) is 71.3 Å². The molecule has 2 aliphatic carbocycles. The van der Waals surface area contributed by atoms with Gasteiger partial charge in [-0.15, -0.1) is 0 Å². The molecule has 0 heterocycles. The maximum absolute atomic E-state index is 3.67. The van der Waals surface area contributed by atoms with Gasteiger partial charge in [0.2, 0.25) is 0 Å². The highest BCUT2D eigenvalue weighted by Gasteiger charge is 2.23. The van der Waals surface area contributed by atoms with E-state index in [2.05, 4.69) is 19.2 Å². The molecule has 1 heteroatoms. The van der Waals surface area contributed by atoms with Gasteiger partial charge in [-0.3, -0.25) is 0 Å². The van der Waals surface area contributed by atoms with Gasteiger partial charge in [-0.25, -0.2) is 0 Å². The van der Waals surface area contributed by atoms with Crippen molar-refractivity contribution in [3.8, 4) is 0 Å². The molecule has 0 aliphatic heterocycles. The predicted octanol–water partition coefficient (Wildman–Crippen LogP) is 3.98. The lowest BCUT2D eigenvalue weighted by molar-refractivity contribution is 0.234. The van der Waals surface area contributed by atoms with Gasteiger partial charge in [-0.2, -0.15) is 0 Å². The van der Waals surface area contributed by atoms with Crippen molar-refractivity contribution in [2.24, 2.45) is 17.8 Å². The summed E-state index contributed by atoms with van der Waals surface area (Å²) in [5, 5.41) is 3.67. The van der Waals surface area contributed by atoms with Gasteiger partial charge in [-0.1, -0.05) is 46.0 Å². The van der Waals surface area contributed by atoms with E-state index in [4.69, 9.17) is 0 Å². The van der Waals surface area contributed by atoms with E-state index in [1.165, 1.54) is 57.9 Å². The maximum Gasteiger partial charge on any atom is 0.00683 e. The Balaban J connectivity index is 1.57. The van der Waals surface area contributed by atoms with Crippen LogP contribution in [0, 0.1) is 17.8 Å². The summed E-state index contributed by atoms with van der Waals surface area (Å²) in [5.74, 6) is 2.98. The lowest BCUT2D eigenvalue weighted by atomic mass is 9.77. The molecule has 2 saturated carbocycles. The summed E-state index contributed by atoms with van der Waals surface area (Å²) >= 11 is 0. The highest BCUT2D eigenvalue weighted by Crippen LogP contribution is 2.34. The third kappa shape index (κ3) is 4.08. The van der Waals surface area contributed by atoms with Crippen LogP contribution in [0.2, 0.25) is 0 Å². The maximum atomic E-state index is 3.67. The van der Waals surface area contributed by atoms with Crippen molar-refractivity contribution < 1.29 is 0 Å². The monoisotopic (exact) mass is 223 g/mol. The number of nitrogens with one attached hydrogen (secondary N) is 1. The van der Waals surface area contributed by atoms with Crippen LogP contribution in [0.25, 0.3) is 0 Å². The molecule has 2 rings (SSSR count). The Morgan fingerprint density at radius 1 is 1.00 bits per heavy atom. The first-order valence-electron chi connectivity index (χ1n) is 7.51. The SMILES string of the molecule is CCC1CCC(CC(C)CNC2CC2)CC1. The van der Waals surface area contributed by atoms with Gasteiger partial charge in [0.05, 0.1) is 0 Å². The molecule has 0 spiro atoms. The molecule has 2 aliphatic rings. The van der Waals surface area contributed by atoms with E-state index in [0.29, 0.717) is 0 Å². The smallest absolute Gasteiger partial charge is 0.00683 e. The van der Waals surface area contributed by atoms with Gasteiger partial charge in [0.1, 0.15) is 0 Å². The molecule has 16 heavy (non-hydrogen) atoms. The van der Waals surface area contributed by atoms with Gasteiger partial charge in [0.25, 0.3) is 0 Å². The standard InChI is InChI=1S/C15H29N/c1-3-13-4-6-14(7-5-13)10-12(2)11-16-15-8-9-15/h12-16H,3-11H2,1-2H3. The second-order valence-electron chi connectivity index (χ2n) is 6.32. The third-order valence-electron chi connectivity index (χ3n) is 4.61. The van der Waals surface area contributed by atoms with Crippen molar-refractivity contribution in [3.63, 3.8) is 0 Å². The van der Waals surface area contributed by atoms with Crippen LogP contribution < -0.4 is 5.32 Å². The van der Waals surface area contributed by atoms with Crippen molar-refractivity contribution in [2.75, 3.05) is 6.54 Å². The average molecular weight is 223 g/mol. The van der Waals surface area contributed by atoms with E-state index in [-0.39, 0.29) is 0 Å². The second-order valence-corrected chi connectivity index (χ2v) is 6.32. The summed E-state index contributed by atoms with van der Waals surface area (Å²) < 4.78 is 0. The fourth-order valence-electron chi connectivity index (χ4n) is 3.18. The van der Waals surface area contributed by atoms with Gasteiger partial charge in [-0.05, 0) is 43.6 Å². The summed E-state index contributed by atoms with van der Waals surface area (Å²) in [5.41, 5.74) is 0. The molecule has 0 aromatic heterocycles. The summed E-state index contributed by atoms with van der Waals surface area (Å²) in [6.07, 6.45) is 11.7. The Bertz CT molecular complexity index is 190. The second kappa shape index (κ2) is 6.05. The van der Waals surface area contributed by atoms with E-state index in [9.17, 15) is 0 Å². The van der Waals surface area contributed by atoms with Crippen molar-refractivity contribution in [1.29, 1.82) is 0 Å². The zero-order chi connectivity index (χ0) is 11.4. The number of hydrogen-bond acceptors (Lipinski definition) is 1. The molecule has 0 radical (unpaired) electrons. The molecule has 0 bridgehead atoms. The van der Waals surface area contributed by atoms with Crippen LogP contribution in [0.4, 0.5) is 0 Å². The van der Waals surface area contributed by atoms with Crippen LogP contribution in [0.3, 0.4) is 0 Å². The van der Waals surface area contributed by atoms with E-state index in [1.54, 1.807) is 0 Å². The summed E-state index contributed by atoms with van der Waals surface area (Å²) in [6, 6.07) is 0.887. The van der Waals surface area contributed by atoms with E-state index < -0.39 is 0 Å². The third-order valence-corrected chi connectivity index (χ3v) is 4.61. The highest BCUT2D eigenvalue weighted by atomic mass is 14.9. The quantitative estimate of drug-likeness (QED) is 0.718. The molecule has 1 nitrogen and oxygen atoms in total. The van der Waals surface area contributed by atoms with Gasteiger partial charge in [0.15, 0.2) is 0 Å². The fraction of sp³-hybridized carbons (Fsp3) is 1.00. The van der Waals surface area contributed by atoms with Crippen LogP contribution in [0.15, 0.2) is 0 Å². The normalized spacial score (nSPS) is 32.6. The Morgan fingerprint density at radius 3 is 2.19 bits per heavy atom. The summed E-state index contributed by atoms with van der Waals surface area (Å²) in [7, 11) is 0. The van der Waals surface area contributed by atoms with Crippen molar-refractivity contribution in [3.05, 3.63) is 0 Å². The van der Waals surface area contributed by atoms with Crippen LogP contribution in [0.5, 0.6) is 0 Å². The first kappa shape index (κ1) is 12.4. The summed E-state index contributed by atoms with van der Waals surface area (Å²) in [4.78, 5) is 0. The Morgan fingerprint density at radius 2 is 1.62 bits per heavy atom. The predicted molar refractivity (Wildman–Crippen MR) is 70.5 cm³/mol. The molecular weight excluding hydrogens is 194 g/mol. The highest BCUT2D eigenvalue weighted by molar-refractivity contribution is 4.82. The molecule has 0 amide bonds. The van der Waals surface area contributed by atoms with Gasteiger partial charge >= 0.3 is 0 Å². The van der Waals surface area contributed by atoms with Crippen LogP contribution >= 0.6 is 0 Å². The first-order chi connectivity index (χ1) is 7.78. The zero-order valence-corrected chi connectivity index (χ0v) is 11.2. The molecule has 2 fully saturated rings. The van der Waals surface area contributed by atoms with Crippen molar-refractivity contribution in [1.82, 2.24) is 5.32 Å². The molecule has 0 saturated heterocycles. The lowest BCUT2D eigenvalue weighted by Gasteiger charge is -2.29. The fourth-order valence-corrected chi connectivity index (χ4v) is 3.18. The Kier molecular flexibility index (Phi) is 4.69. The minimum atomic E-state index is 0.887. The minimum absolute atomic E-state index is 0.887. The molecule has 1 atom stereocenters. The first-order valence-corrected chi connectivity index (χ1v) is 7.51. The van der Waals surface area contributed by atoms with Crippen molar-refractivity contribution >= 4 is 0 Å². The lowest BCUT2D eigenvalue weighted by Crippen LogP contribution is -2.25. The van der Waals surface area contributed by atoms with Crippen LogP contribution in [-0.2, 0) is 0 Å². The minimum Gasteiger partial charge on any atom is -0.314 e. The van der Waals surface area contributed by atoms with Crippen LogP contribution in [0.1, 0.15) is 65.2 Å². The van der Waals surface area contributed by atoms with Crippen LogP contribution in [-0.4, -0.2) is 12.6 Å². The Hall–Kier alpha value is -0.0400. The van der Waals surface area contributed by atoms with E-state index in [1.807, 2.05) is 0 Å². The molecule has 0 aromatic rings. The van der Waals surface area contributed by atoms with Gasteiger partial charge in [0, 0.05) is 6.04 Å². The van der Waals surface area contributed by atoms with E-state index >= 15 is 0 Å². The largest absolute Gasteiger partial charge is 0.314 e. The Labute approximate surface area is 101 Å². The molecule has 1 unspecified atom stereocenters. The summed E-state index contributed by atoms with van der Waals surface area (Å²) in [6.45, 7) is 6.05. The molecule has 0 aromatic carbocycles. The molecule has 94 valence electrons. The van der Waals surface area contributed by atoms with E-state index in [0.717, 1.165) is 23.8 Å². The molecular formula is C15H29N. The zero-order valence-electron chi connectivity index (χ0n) is 11.2. The number of hydrogen-bond donors (Lipinski definition) is 1. The average Bonchev–Trinajstić information content (AvgIpc) is 3.11. The topological polar surface area (TPSA) is 12.0 Å².